The highest BCUT2D eigenvalue weighted by molar-refractivity contribution is 7.92. The van der Waals surface area contributed by atoms with Crippen molar-refractivity contribution in [3.63, 3.8) is 0 Å². The SMILES string of the molecule is CCC(C1=C(O)CC(c2ccccc2)(c2ccccc2)OC1CC=O)c1cccc(NS(=O)(=O)c2ccccn2)c1. The van der Waals surface area contributed by atoms with Crippen molar-refractivity contribution >= 4 is 22.0 Å². The molecule has 1 aromatic heterocycles. The Morgan fingerprint density at radius 2 is 1.63 bits per heavy atom. The van der Waals surface area contributed by atoms with E-state index in [1.807, 2.05) is 73.7 Å². The molecule has 0 spiro atoms. The van der Waals surface area contributed by atoms with Gasteiger partial charge in [-0.1, -0.05) is 85.8 Å². The second-order valence-electron chi connectivity index (χ2n) is 10.0. The molecule has 0 bridgehead atoms. The van der Waals surface area contributed by atoms with Crippen LogP contribution in [0.2, 0.25) is 0 Å². The summed E-state index contributed by atoms with van der Waals surface area (Å²) in [6, 6.07) is 31.2. The predicted molar refractivity (Wildman–Crippen MR) is 158 cm³/mol. The number of carbonyl (C=O) groups is 1. The van der Waals surface area contributed by atoms with Gasteiger partial charge in [-0.25, -0.2) is 4.98 Å². The summed E-state index contributed by atoms with van der Waals surface area (Å²) in [7, 11) is -3.89. The largest absolute Gasteiger partial charge is 0.512 e. The smallest absolute Gasteiger partial charge is 0.279 e. The first-order valence-electron chi connectivity index (χ1n) is 13.6. The molecule has 8 heteroatoms. The van der Waals surface area contributed by atoms with Gasteiger partial charge >= 0.3 is 0 Å². The fourth-order valence-electron chi connectivity index (χ4n) is 5.65. The Kier molecular flexibility index (Phi) is 8.33. The van der Waals surface area contributed by atoms with Gasteiger partial charge in [0.2, 0.25) is 0 Å². The molecule has 2 atom stereocenters. The van der Waals surface area contributed by atoms with Crippen LogP contribution in [0.25, 0.3) is 0 Å². The molecule has 2 unspecified atom stereocenters. The third-order valence-electron chi connectivity index (χ3n) is 7.47. The minimum absolute atomic E-state index is 0.0588. The molecule has 7 nitrogen and oxygen atoms in total. The molecule has 1 aliphatic rings. The van der Waals surface area contributed by atoms with E-state index in [2.05, 4.69) is 9.71 Å². The van der Waals surface area contributed by atoms with Gasteiger partial charge in [-0.15, -0.1) is 0 Å². The number of carbonyl (C=O) groups excluding carboxylic acids is 1. The van der Waals surface area contributed by atoms with Gasteiger partial charge in [0.05, 0.1) is 11.9 Å². The molecule has 4 aromatic rings. The third kappa shape index (κ3) is 5.80. The Labute approximate surface area is 240 Å². The van der Waals surface area contributed by atoms with E-state index in [1.165, 1.54) is 12.3 Å². The Morgan fingerprint density at radius 3 is 2.22 bits per heavy atom. The molecule has 0 aliphatic carbocycles. The number of hydrogen-bond acceptors (Lipinski definition) is 6. The predicted octanol–water partition coefficient (Wildman–Crippen LogP) is 6.51. The maximum atomic E-state index is 12.9. The van der Waals surface area contributed by atoms with Crippen molar-refractivity contribution in [1.82, 2.24) is 4.98 Å². The van der Waals surface area contributed by atoms with E-state index in [0.29, 0.717) is 17.7 Å². The summed E-state index contributed by atoms with van der Waals surface area (Å²) in [5.41, 5.74) is 2.58. The Morgan fingerprint density at radius 1 is 0.976 bits per heavy atom. The maximum Gasteiger partial charge on any atom is 0.279 e. The van der Waals surface area contributed by atoms with Crippen LogP contribution in [0.3, 0.4) is 0 Å². The standard InChI is InChI=1S/C33H32N2O5S/c1-2-28(24-12-11-17-27(22-24)35-41(38,39)31-18-9-10-20-34-31)32-29(37)23-33(40-30(32)19-21-36,25-13-5-3-6-14-25)26-15-7-4-8-16-26/h3-18,20-22,28,30,35,37H,2,19,23H2,1H3. The fourth-order valence-corrected chi connectivity index (χ4v) is 6.65. The van der Waals surface area contributed by atoms with E-state index in [9.17, 15) is 18.3 Å². The van der Waals surface area contributed by atoms with Crippen LogP contribution in [-0.4, -0.2) is 30.9 Å². The number of rotatable bonds is 10. The lowest BCUT2D eigenvalue weighted by Crippen LogP contribution is -2.42. The van der Waals surface area contributed by atoms with Crippen molar-refractivity contribution < 1.29 is 23.1 Å². The molecule has 0 fully saturated rings. The number of benzene rings is 3. The maximum absolute atomic E-state index is 12.9. The van der Waals surface area contributed by atoms with Crippen molar-refractivity contribution in [3.8, 4) is 0 Å². The quantitative estimate of drug-likeness (QED) is 0.211. The van der Waals surface area contributed by atoms with Crippen molar-refractivity contribution in [1.29, 1.82) is 0 Å². The number of pyridine rings is 1. The number of nitrogens with zero attached hydrogens (tertiary/aromatic N) is 1. The lowest BCUT2D eigenvalue weighted by Gasteiger charge is -2.44. The van der Waals surface area contributed by atoms with Crippen molar-refractivity contribution in [2.75, 3.05) is 4.72 Å². The summed E-state index contributed by atoms with van der Waals surface area (Å²) in [6.45, 7) is 1.99. The second kappa shape index (κ2) is 12.1. The number of aliphatic hydroxyl groups excluding tert-OH is 1. The highest BCUT2D eigenvalue weighted by Gasteiger charge is 2.45. The molecule has 2 N–H and O–H groups in total. The van der Waals surface area contributed by atoms with E-state index in [0.717, 1.165) is 23.0 Å². The summed E-state index contributed by atoms with van der Waals surface area (Å²) in [4.78, 5) is 15.9. The van der Waals surface area contributed by atoms with Crippen LogP contribution in [0.15, 0.2) is 126 Å². The average Bonchev–Trinajstić information content (AvgIpc) is 3.00. The van der Waals surface area contributed by atoms with E-state index in [1.54, 1.807) is 30.3 Å². The minimum atomic E-state index is -3.89. The Balaban J connectivity index is 1.55. The number of aliphatic hydroxyl groups is 1. The number of aromatic nitrogens is 1. The van der Waals surface area contributed by atoms with Crippen molar-refractivity contribution in [3.05, 3.63) is 137 Å². The normalized spacial score (nSPS) is 17.5. The molecule has 0 radical (unpaired) electrons. The van der Waals surface area contributed by atoms with Crippen LogP contribution < -0.4 is 4.72 Å². The first-order chi connectivity index (χ1) is 19.9. The molecule has 2 heterocycles. The molecule has 41 heavy (non-hydrogen) atoms. The van der Waals surface area contributed by atoms with Crippen molar-refractivity contribution in [2.24, 2.45) is 0 Å². The van der Waals surface area contributed by atoms with Gasteiger partial charge in [-0.2, -0.15) is 8.42 Å². The van der Waals surface area contributed by atoms with Crippen LogP contribution in [0.5, 0.6) is 0 Å². The summed E-state index contributed by atoms with van der Waals surface area (Å²) >= 11 is 0. The monoisotopic (exact) mass is 568 g/mol. The third-order valence-corrected chi connectivity index (χ3v) is 8.76. The van der Waals surface area contributed by atoms with Gasteiger partial charge in [0.25, 0.3) is 10.0 Å². The summed E-state index contributed by atoms with van der Waals surface area (Å²) in [5, 5.41) is 11.7. The zero-order valence-electron chi connectivity index (χ0n) is 22.7. The van der Waals surface area contributed by atoms with Crippen molar-refractivity contribution in [2.45, 2.75) is 48.8 Å². The molecule has 3 aromatic carbocycles. The number of ether oxygens (including phenoxy) is 1. The number of hydrogen-bond donors (Lipinski definition) is 2. The number of nitrogens with one attached hydrogen (secondary N) is 1. The zero-order valence-corrected chi connectivity index (χ0v) is 23.5. The highest BCUT2D eigenvalue weighted by atomic mass is 32.2. The zero-order chi connectivity index (χ0) is 28.9. The molecule has 0 saturated carbocycles. The Bertz CT molecular complexity index is 1580. The fraction of sp³-hybridized carbons (Fsp3) is 0.212. The highest BCUT2D eigenvalue weighted by Crippen LogP contribution is 2.49. The molecule has 0 saturated heterocycles. The van der Waals surface area contributed by atoms with Gasteiger partial charge in [-0.05, 0) is 47.4 Å². The van der Waals surface area contributed by atoms with Crippen LogP contribution in [0, 0.1) is 0 Å². The average molecular weight is 569 g/mol. The molecule has 210 valence electrons. The van der Waals surface area contributed by atoms with Crippen LogP contribution in [0.1, 0.15) is 48.8 Å². The lowest BCUT2D eigenvalue weighted by molar-refractivity contribution is -0.116. The summed E-state index contributed by atoms with van der Waals surface area (Å²) in [5.74, 6) is -0.147. The summed E-state index contributed by atoms with van der Waals surface area (Å²) < 4.78 is 35.3. The van der Waals surface area contributed by atoms with Crippen LogP contribution in [-0.2, 0) is 25.2 Å². The van der Waals surface area contributed by atoms with E-state index >= 15 is 0 Å². The number of anilines is 1. The van der Waals surface area contributed by atoms with Gasteiger partial charge in [0.15, 0.2) is 5.03 Å². The lowest BCUT2D eigenvalue weighted by atomic mass is 9.75. The molecular formula is C33H32N2O5S. The summed E-state index contributed by atoms with van der Waals surface area (Å²) in [6.07, 6.45) is 2.39. The van der Waals surface area contributed by atoms with Gasteiger partial charge in [-0.3, -0.25) is 4.72 Å². The van der Waals surface area contributed by atoms with E-state index in [4.69, 9.17) is 4.74 Å². The van der Waals surface area contributed by atoms with Crippen LogP contribution >= 0.6 is 0 Å². The second-order valence-corrected chi connectivity index (χ2v) is 11.6. The number of sulfonamides is 1. The Hall–Kier alpha value is -4.27. The van der Waals surface area contributed by atoms with E-state index < -0.39 is 21.7 Å². The topological polar surface area (TPSA) is 106 Å². The molecule has 0 amide bonds. The van der Waals surface area contributed by atoms with E-state index in [-0.39, 0.29) is 29.5 Å². The number of aldehydes is 1. The van der Waals surface area contributed by atoms with Gasteiger partial charge in [0.1, 0.15) is 11.9 Å². The molecule has 5 rings (SSSR count). The minimum Gasteiger partial charge on any atom is -0.512 e. The molecular weight excluding hydrogens is 536 g/mol. The molecule has 1 aliphatic heterocycles. The first-order valence-corrected chi connectivity index (χ1v) is 15.0. The van der Waals surface area contributed by atoms with Crippen LogP contribution in [0.4, 0.5) is 5.69 Å². The first kappa shape index (κ1) is 28.3. The van der Waals surface area contributed by atoms with Gasteiger partial charge in [0, 0.05) is 36.2 Å². The van der Waals surface area contributed by atoms with Gasteiger partial charge < -0.3 is 14.6 Å².